The molecule has 0 aliphatic carbocycles. The third-order valence-corrected chi connectivity index (χ3v) is 3.16. The highest BCUT2D eigenvalue weighted by atomic mass is 79.9. The average Bonchev–Trinajstić information content (AvgIpc) is 2.85. The van der Waals surface area contributed by atoms with E-state index in [0.717, 1.165) is 17.8 Å². The molecule has 0 spiro atoms. The Bertz CT molecular complexity index is 643. The monoisotopic (exact) mass is 323 g/mol. The first-order valence-electron chi connectivity index (χ1n) is 6.15. The van der Waals surface area contributed by atoms with Crippen LogP contribution in [-0.4, -0.2) is 14.4 Å². The van der Waals surface area contributed by atoms with Crippen molar-refractivity contribution in [3.8, 4) is 0 Å². The first-order chi connectivity index (χ1) is 9.15. The highest BCUT2D eigenvalue weighted by Gasteiger charge is 2.11. The fourth-order valence-electron chi connectivity index (χ4n) is 1.95. The maximum absolute atomic E-state index is 13.8. The van der Waals surface area contributed by atoms with Gasteiger partial charge in [0.25, 0.3) is 0 Å². The smallest absolute Gasteiger partial charge is 0.158 e. The van der Waals surface area contributed by atoms with Crippen molar-refractivity contribution < 1.29 is 4.39 Å². The minimum absolute atomic E-state index is 0.201. The van der Waals surface area contributed by atoms with Gasteiger partial charge in [-0.25, -0.2) is 14.4 Å². The molecule has 0 unspecified atom stereocenters. The normalized spacial score (nSPS) is 13.3. The third-order valence-electron chi connectivity index (χ3n) is 2.78. The van der Waals surface area contributed by atoms with E-state index in [1.807, 2.05) is 29.8 Å². The van der Waals surface area contributed by atoms with E-state index in [1.165, 1.54) is 6.08 Å². The number of nitrogens with zero attached hydrogens (tertiary/aromatic N) is 3. The van der Waals surface area contributed by atoms with Crippen LogP contribution >= 0.6 is 15.9 Å². The standard InChI is InChI=1S/C14H15BrFN3/c1-3-5-10(11(16)4-2)8-12-14-17-6-7-19(14)9-13(15)18-12/h4-7,9H,3,8H2,1-2H3/b10-5-,11-4+. The molecule has 0 aromatic carbocycles. The van der Waals surface area contributed by atoms with E-state index in [0.29, 0.717) is 16.6 Å². The van der Waals surface area contributed by atoms with Gasteiger partial charge in [0.1, 0.15) is 10.4 Å². The van der Waals surface area contributed by atoms with Gasteiger partial charge in [-0.3, -0.25) is 0 Å². The van der Waals surface area contributed by atoms with Gasteiger partial charge in [-0.05, 0) is 34.8 Å². The first-order valence-corrected chi connectivity index (χ1v) is 6.94. The SMILES string of the molecule is C/C=C(F)\C(=C/CC)Cc1nc(Br)cn2ccnc12. The van der Waals surface area contributed by atoms with E-state index in [-0.39, 0.29) is 5.83 Å². The molecule has 100 valence electrons. The van der Waals surface area contributed by atoms with Crippen LogP contribution in [0.3, 0.4) is 0 Å². The minimum atomic E-state index is -0.201. The van der Waals surface area contributed by atoms with Crippen LogP contribution in [0.2, 0.25) is 0 Å². The average molecular weight is 324 g/mol. The van der Waals surface area contributed by atoms with E-state index in [1.54, 1.807) is 13.1 Å². The van der Waals surface area contributed by atoms with E-state index in [4.69, 9.17) is 0 Å². The maximum Gasteiger partial charge on any atom is 0.158 e. The highest BCUT2D eigenvalue weighted by molar-refractivity contribution is 9.10. The molecule has 0 fully saturated rings. The largest absolute Gasteiger partial charge is 0.303 e. The molecule has 0 amide bonds. The molecule has 0 aliphatic rings. The molecule has 0 radical (unpaired) electrons. The Morgan fingerprint density at radius 3 is 3.00 bits per heavy atom. The first kappa shape index (κ1) is 13.9. The number of aromatic nitrogens is 3. The number of allylic oxidation sites excluding steroid dienone is 4. The molecule has 0 atom stereocenters. The molecule has 2 aromatic heterocycles. The summed E-state index contributed by atoms with van der Waals surface area (Å²) in [5.74, 6) is -0.201. The predicted octanol–water partition coefficient (Wildman–Crippen LogP) is 4.24. The van der Waals surface area contributed by atoms with Gasteiger partial charge in [0.2, 0.25) is 0 Å². The highest BCUT2D eigenvalue weighted by Crippen LogP contribution is 2.21. The van der Waals surface area contributed by atoms with Crippen molar-refractivity contribution in [2.75, 3.05) is 0 Å². The molecule has 19 heavy (non-hydrogen) atoms. The summed E-state index contributed by atoms with van der Waals surface area (Å²) in [5.41, 5.74) is 2.17. The Balaban J connectivity index is 2.44. The second-order valence-electron chi connectivity index (χ2n) is 4.12. The topological polar surface area (TPSA) is 30.2 Å². The quantitative estimate of drug-likeness (QED) is 0.787. The lowest BCUT2D eigenvalue weighted by Crippen LogP contribution is -2.00. The van der Waals surface area contributed by atoms with E-state index < -0.39 is 0 Å². The zero-order valence-electron chi connectivity index (χ0n) is 10.9. The van der Waals surface area contributed by atoms with Gasteiger partial charge in [0.15, 0.2) is 5.65 Å². The molecule has 3 nitrogen and oxygen atoms in total. The fourth-order valence-corrected chi connectivity index (χ4v) is 2.38. The van der Waals surface area contributed by atoms with Crippen molar-refractivity contribution in [1.29, 1.82) is 0 Å². The van der Waals surface area contributed by atoms with Crippen molar-refractivity contribution in [3.05, 3.63) is 52.4 Å². The number of hydrogen-bond donors (Lipinski definition) is 0. The minimum Gasteiger partial charge on any atom is -0.303 e. The van der Waals surface area contributed by atoms with Crippen molar-refractivity contribution in [3.63, 3.8) is 0 Å². The van der Waals surface area contributed by atoms with Gasteiger partial charge in [0, 0.05) is 25.0 Å². The molecule has 0 aliphatic heterocycles. The van der Waals surface area contributed by atoms with Crippen LogP contribution in [0.1, 0.15) is 26.0 Å². The van der Waals surface area contributed by atoms with Gasteiger partial charge in [-0.2, -0.15) is 0 Å². The molecule has 0 N–H and O–H groups in total. The van der Waals surface area contributed by atoms with Crippen LogP contribution in [0.4, 0.5) is 4.39 Å². The Labute approximate surface area is 120 Å². The van der Waals surface area contributed by atoms with Crippen molar-refractivity contribution in [1.82, 2.24) is 14.4 Å². The van der Waals surface area contributed by atoms with Crippen molar-refractivity contribution in [2.45, 2.75) is 26.7 Å². The summed E-state index contributed by atoms with van der Waals surface area (Å²) in [6, 6.07) is 0. The van der Waals surface area contributed by atoms with Crippen LogP contribution in [0.25, 0.3) is 5.65 Å². The number of halogens is 2. The summed E-state index contributed by atoms with van der Waals surface area (Å²) in [4.78, 5) is 8.68. The van der Waals surface area contributed by atoms with Crippen LogP contribution in [0.5, 0.6) is 0 Å². The lowest BCUT2D eigenvalue weighted by molar-refractivity contribution is 0.640. The van der Waals surface area contributed by atoms with Gasteiger partial charge in [0.05, 0.1) is 5.69 Å². The Morgan fingerprint density at radius 2 is 2.32 bits per heavy atom. The Morgan fingerprint density at radius 1 is 1.53 bits per heavy atom. The zero-order chi connectivity index (χ0) is 13.8. The summed E-state index contributed by atoms with van der Waals surface area (Å²) >= 11 is 3.36. The second kappa shape index (κ2) is 6.10. The molecule has 2 rings (SSSR count). The van der Waals surface area contributed by atoms with E-state index >= 15 is 0 Å². The van der Waals surface area contributed by atoms with Gasteiger partial charge in [-0.15, -0.1) is 0 Å². The molecule has 0 saturated heterocycles. The molecule has 5 heteroatoms. The number of hydrogen-bond acceptors (Lipinski definition) is 2. The number of imidazole rings is 1. The Kier molecular flexibility index (Phi) is 4.47. The van der Waals surface area contributed by atoms with Gasteiger partial charge >= 0.3 is 0 Å². The second-order valence-corrected chi connectivity index (χ2v) is 4.93. The van der Waals surface area contributed by atoms with Gasteiger partial charge < -0.3 is 4.40 Å². The summed E-state index contributed by atoms with van der Waals surface area (Å²) in [6.07, 6.45) is 9.97. The number of fused-ring (bicyclic) bond motifs is 1. The lowest BCUT2D eigenvalue weighted by atomic mass is 10.1. The summed E-state index contributed by atoms with van der Waals surface area (Å²) < 4.78 is 16.4. The maximum atomic E-state index is 13.8. The molecule has 2 aromatic rings. The third kappa shape index (κ3) is 3.10. The van der Waals surface area contributed by atoms with Crippen LogP contribution in [-0.2, 0) is 6.42 Å². The van der Waals surface area contributed by atoms with Crippen molar-refractivity contribution >= 4 is 21.6 Å². The predicted molar refractivity (Wildman–Crippen MR) is 77.6 cm³/mol. The van der Waals surface area contributed by atoms with Crippen LogP contribution < -0.4 is 0 Å². The van der Waals surface area contributed by atoms with Gasteiger partial charge in [-0.1, -0.05) is 19.1 Å². The lowest BCUT2D eigenvalue weighted by Gasteiger charge is -2.07. The summed E-state index contributed by atoms with van der Waals surface area (Å²) in [6.45, 7) is 3.68. The molecule has 0 saturated carbocycles. The zero-order valence-corrected chi connectivity index (χ0v) is 12.5. The Hall–Kier alpha value is -1.49. The van der Waals surface area contributed by atoms with E-state index in [9.17, 15) is 4.39 Å². The molecule has 0 bridgehead atoms. The molecular formula is C14H15BrFN3. The number of rotatable bonds is 4. The van der Waals surface area contributed by atoms with E-state index in [2.05, 4.69) is 25.9 Å². The van der Waals surface area contributed by atoms with Crippen LogP contribution in [0, 0.1) is 0 Å². The summed E-state index contributed by atoms with van der Waals surface area (Å²) in [5, 5.41) is 0. The molecule has 2 heterocycles. The summed E-state index contributed by atoms with van der Waals surface area (Å²) in [7, 11) is 0. The van der Waals surface area contributed by atoms with Crippen LogP contribution in [0.15, 0.2) is 46.7 Å². The molecular weight excluding hydrogens is 309 g/mol. The van der Waals surface area contributed by atoms with Crippen molar-refractivity contribution in [2.24, 2.45) is 0 Å². The fraction of sp³-hybridized carbons (Fsp3) is 0.286.